The lowest BCUT2D eigenvalue weighted by atomic mass is 10.2. The molecular weight excluding hydrogens is 226 g/mol. The SMILES string of the molecule is CC(=O)C(C(N)=O)=c1sc(=C(O)O)s1. The Balaban J connectivity index is 3.36. The molecule has 0 aliphatic heterocycles. The molecule has 4 N–H and O–H groups in total. The van der Waals surface area contributed by atoms with Crippen molar-refractivity contribution in [1.82, 2.24) is 0 Å². The standard InChI is InChI=1S/C7H7NO4S2/c1-2(9)3(4(8)10)6-13-7(14-6)5(11)12/h11-12H,1H3,(H2,8,10). The molecule has 1 rings (SSSR count). The van der Waals surface area contributed by atoms with E-state index >= 15 is 0 Å². The molecule has 0 aromatic carbocycles. The number of carbonyl (C=O) groups excluding carboxylic acids is 2. The van der Waals surface area contributed by atoms with Crippen LogP contribution in [0.4, 0.5) is 0 Å². The smallest absolute Gasteiger partial charge is 0.302 e. The fraction of sp³-hybridized carbons (Fsp3) is 0.143. The van der Waals surface area contributed by atoms with E-state index in [4.69, 9.17) is 15.9 Å². The van der Waals surface area contributed by atoms with Crippen molar-refractivity contribution in [3.8, 4) is 0 Å². The predicted octanol–water partition coefficient (Wildman–Crippen LogP) is -0.784. The van der Waals surface area contributed by atoms with Gasteiger partial charge in [0.05, 0.1) is 3.85 Å². The molecule has 0 aliphatic carbocycles. The fourth-order valence-electron chi connectivity index (χ4n) is 0.787. The molecule has 0 saturated carbocycles. The zero-order valence-electron chi connectivity index (χ0n) is 7.10. The summed E-state index contributed by atoms with van der Waals surface area (Å²) in [7, 11) is 0. The number of carbonyl (C=O) groups is 2. The van der Waals surface area contributed by atoms with Crippen molar-refractivity contribution in [2.45, 2.75) is 6.92 Å². The van der Waals surface area contributed by atoms with Crippen LogP contribution in [0.2, 0.25) is 0 Å². The van der Waals surface area contributed by atoms with Gasteiger partial charge in [-0.2, -0.15) is 0 Å². The van der Waals surface area contributed by atoms with Gasteiger partial charge in [-0.15, -0.1) is 22.7 Å². The van der Waals surface area contributed by atoms with E-state index in [1.54, 1.807) is 0 Å². The highest BCUT2D eigenvalue weighted by Gasteiger charge is 2.14. The minimum atomic E-state index is -0.809. The molecule has 0 radical (unpaired) electrons. The van der Waals surface area contributed by atoms with Crippen molar-refractivity contribution >= 4 is 45.9 Å². The fourth-order valence-corrected chi connectivity index (χ4v) is 2.76. The molecule has 0 saturated heterocycles. The van der Waals surface area contributed by atoms with Crippen LogP contribution < -0.4 is 13.4 Å². The first-order valence-electron chi connectivity index (χ1n) is 3.46. The molecule has 0 aliphatic rings. The molecule has 14 heavy (non-hydrogen) atoms. The van der Waals surface area contributed by atoms with Gasteiger partial charge in [-0.3, -0.25) is 9.59 Å². The van der Waals surface area contributed by atoms with Crippen LogP contribution >= 0.6 is 22.7 Å². The third-order valence-corrected chi connectivity index (χ3v) is 3.87. The summed E-state index contributed by atoms with van der Waals surface area (Å²) in [6.45, 7) is 1.23. The number of primary amides is 1. The van der Waals surface area contributed by atoms with E-state index in [0.29, 0.717) is 3.85 Å². The lowest BCUT2D eigenvalue weighted by Gasteiger charge is -1.98. The zero-order chi connectivity index (χ0) is 10.9. The van der Waals surface area contributed by atoms with Crippen LogP contribution in [0.1, 0.15) is 6.92 Å². The van der Waals surface area contributed by atoms with Crippen LogP contribution in [0.25, 0.3) is 11.5 Å². The van der Waals surface area contributed by atoms with E-state index in [1.165, 1.54) is 6.92 Å². The largest absolute Gasteiger partial charge is 0.479 e. The maximum absolute atomic E-state index is 11.0. The Kier molecular flexibility index (Phi) is 2.92. The first-order chi connectivity index (χ1) is 6.43. The summed E-state index contributed by atoms with van der Waals surface area (Å²) in [5, 5.41) is 17.2. The van der Waals surface area contributed by atoms with Crippen LogP contribution in [0.15, 0.2) is 0 Å². The van der Waals surface area contributed by atoms with Crippen LogP contribution in [-0.2, 0) is 9.59 Å². The van der Waals surface area contributed by atoms with Gasteiger partial charge in [-0.1, -0.05) is 0 Å². The van der Waals surface area contributed by atoms with Crippen LogP contribution in [0.3, 0.4) is 0 Å². The monoisotopic (exact) mass is 233 g/mol. The van der Waals surface area contributed by atoms with Gasteiger partial charge in [0.15, 0.2) is 9.63 Å². The number of hydrogen-bond acceptors (Lipinski definition) is 6. The lowest BCUT2D eigenvalue weighted by Crippen LogP contribution is -2.27. The van der Waals surface area contributed by atoms with Gasteiger partial charge < -0.3 is 15.9 Å². The van der Waals surface area contributed by atoms with Gasteiger partial charge in [-0.05, 0) is 6.92 Å². The molecule has 7 heteroatoms. The molecule has 0 unspecified atom stereocenters. The van der Waals surface area contributed by atoms with Gasteiger partial charge in [0.2, 0.25) is 0 Å². The molecule has 1 aromatic heterocycles. The summed E-state index contributed by atoms with van der Waals surface area (Å²) in [5.74, 6) is -2.04. The summed E-state index contributed by atoms with van der Waals surface area (Å²) in [6.07, 6.45) is 0. The van der Waals surface area contributed by atoms with E-state index in [1.807, 2.05) is 0 Å². The number of hydrogen-bond donors (Lipinski definition) is 3. The van der Waals surface area contributed by atoms with Crippen molar-refractivity contribution in [2.75, 3.05) is 0 Å². The predicted molar refractivity (Wildman–Crippen MR) is 53.4 cm³/mol. The Morgan fingerprint density at radius 2 is 1.71 bits per heavy atom. The summed E-state index contributed by atoms with van der Waals surface area (Å²) in [6, 6.07) is 0. The number of aliphatic hydroxyl groups is 2. The first kappa shape index (κ1) is 10.7. The van der Waals surface area contributed by atoms with Gasteiger partial charge in [-0.25, -0.2) is 0 Å². The van der Waals surface area contributed by atoms with E-state index in [2.05, 4.69) is 0 Å². The second-order valence-electron chi connectivity index (χ2n) is 2.40. The maximum atomic E-state index is 11.0. The summed E-state index contributed by atoms with van der Waals surface area (Å²) in [5.41, 5.74) is 4.89. The van der Waals surface area contributed by atoms with E-state index in [9.17, 15) is 9.59 Å². The number of Topliss-reactive ketones (excluding diaryl/α,β-unsaturated/α-hetero) is 1. The van der Waals surface area contributed by atoms with Gasteiger partial charge >= 0.3 is 5.95 Å². The Morgan fingerprint density at radius 3 is 2.00 bits per heavy atom. The van der Waals surface area contributed by atoms with Crippen molar-refractivity contribution < 1.29 is 19.8 Å². The second-order valence-corrected chi connectivity index (χ2v) is 4.96. The van der Waals surface area contributed by atoms with Crippen molar-refractivity contribution in [2.24, 2.45) is 5.73 Å². The Morgan fingerprint density at radius 1 is 1.21 bits per heavy atom. The summed E-state index contributed by atoms with van der Waals surface area (Å²) < 4.78 is 0.653. The zero-order valence-corrected chi connectivity index (χ0v) is 8.74. The van der Waals surface area contributed by atoms with Crippen LogP contribution in [-0.4, -0.2) is 21.9 Å². The highest BCUT2D eigenvalue weighted by atomic mass is 32.2. The molecule has 1 aromatic rings. The molecule has 1 amide bonds. The van der Waals surface area contributed by atoms with Crippen LogP contribution in [0.5, 0.6) is 0 Å². The molecule has 0 atom stereocenters. The molecule has 0 spiro atoms. The van der Waals surface area contributed by atoms with E-state index < -0.39 is 17.6 Å². The Bertz CT molecular complexity index is 457. The first-order valence-corrected chi connectivity index (χ1v) is 5.09. The number of amides is 1. The summed E-state index contributed by atoms with van der Waals surface area (Å²) >= 11 is 1.89. The minimum Gasteiger partial charge on any atom is -0.479 e. The molecule has 5 nitrogen and oxygen atoms in total. The van der Waals surface area contributed by atoms with E-state index in [0.717, 1.165) is 22.7 Å². The third kappa shape index (κ3) is 1.94. The third-order valence-electron chi connectivity index (χ3n) is 1.36. The molecule has 0 bridgehead atoms. The number of rotatable bonds is 2. The van der Waals surface area contributed by atoms with Crippen molar-refractivity contribution in [1.29, 1.82) is 0 Å². The highest BCUT2D eigenvalue weighted by Crippen LogP contribution is 2.00. The average Bonchev–Trinajstić information content (AvgIpc) is 1.92. The highest BCUT2D eigenvalue weighted by molar-refractivity contribution is 7.36. The average molecular weight is 233 g/mol. The Hall–Kier alpha value is -1.34. The topological polar surface area (TPSA) is 101 Å². The van der Waals surface area contributed by atoms with Gasteiger partial charge in [0.1, 0.15) is 5.57 Å². The minimum absolute atomic E-state index is 0.0926. The molecule has 1 heterocycles. The molecule has 76 valence electrons. The molecular formula is C7H7NO4S2. The maximum Gasteiger partial charge on any atom is 0.302 e. The molecule has 0 fully saturated rings. The van der Waals surface area contributed by atoms with Gasteiger partial charge in [0.25, 0.3) is 5.91 Å². The normalized spacial score (nSPS) is 9.79. The number of ketones is 1. The van der Waals surface area contributed by atoms with Gasteiger partial charge in [0, 0.05) is 0 Å². The number of aliphatic hydroxyl groups excluding tert-OH is 1. The number of nitrogens with two attached hydrogens (primary N) is 1. The Labute approximate surface area is 86.4 Å². The second kappa shape index (κ2) is 3.81. The summed E-state index contributed by atoms with van der Waals surface area (Å²) in [4.78, 5) is 21.8. The van der Waals surface area contributed by atoms with Crippen molar-refractivity contribution in [3.05, 3.63) is 7.69 Å². The lowest BCUT2D eigenvalue weighted by molar-refractivity contribution is -0.117. The van der Waals surface area contributed by atoms with E-state index in [-0.39, 0.29) is 9.42 Å². The van der Waals surface area contributed by atoms with Crippen LogP contribution in [0, 0.1) is 0 Å². The van der Waals surface area contributed by atoms with Crippen molar-refractivity contribution in [3.63, 3.8) is 0 Å². The quantitative estimate of drug-likeness (QED) is 0.583.